The molecule has 31 heavy (non-hydrogen) atoms. The first-order valence-corrected chi connectivity index (χ1v) is 10.7. The SMILES string of the molecule is Cc1cc(C)cc(NC(=O)C(c2ccccc2)N2CCN(c3ccc(O)cc3)CC2)c1. The topological polar surface area (TPSA) is 55.8 Å². The molecule has 1 heterocycles. The first kappa shape index (κ1) is 20.9. The molecule has 4 rings (SSSR count). The number of carbonyl (C=O) groups excluding carboxylic acids is 1. The Bertz CT molecular complexity index is 1010. The summed E-state index contributed by atoms with van der Waals surface area (Å²) in [5.41, 5.74) is 5.20. The molecule has 1 aliphatic rings. The second-order valence-corrected chi connectivity index (χ2v) is 8.22. The Labute approximate surface area is 183 Å². The molecule has 0 spiro atoms. The van der Waals surface area contributed by atoms with Gasteiger partial charge in [0.1, 0.15) is 11.8 Å². The highest BCUT2D eigenvalue weighted by atomic mass is 16.3. The molecular weight excluding hydrogens is 386 g/mol. The molecule has 5 nitrogen and oxygen atoms in total. The van der Waals surface area contributed by atoms with Gasteiger partial charge in [-0.2, -0.15) is 0 Å². The molecule has 1 fully saturated rings. The van der Waals surface area contributed by atoms with Gasteiger partial charge >= 0.3 is 0 Å². The number of amides is 1. The van der Waals surface area contributed by atoms with E-state index in [4.69, 9.17) is 0 Å². The number of piperazine rings is 1. The van der Waals surface area contributed by atoms with E-state index >= 15 is 0 Å². The summed E-state index contributed by atoms with van der Waals surface area (Å²) in [6.07, 6.45) is 0. The lowest BCUT2D eigenvalue weighted by Gasteiger charge is -2.39. The summed E-state index contributed by atoms with van der Waals surface area (Å²) in [6.45, 7) is 7.29. The van der Waals surface area contributed by atoms with Crippen molar-refractivity contribution in [2.75, 3.05) is 36.4 Å². The molecule has 2 N–H and O–H groups in total. The lowest BCUT2D eigenvalue weighted by molar-refractivity contribution is -0.121. The fourth-order valence-electron chi connectivity index (χ4n) is 4.32. The number of carbonyl (C=O) groups is 1. The van der Waals surface area contributed by atoms with Gasteiger partial charge in [-0.05, 0) is 66.9 Å². The maximum absolute atomic E-state index is 13.4. The molecule has 0 bridgehead atoms. The zero-order chi connectivity index (χ0) is 21.8. The average molecular weight is 416 g/mol. The smallest absolute Gasteiger partial charge is 0.246 e. The summed E-state index contributed by atoms with van der Waals surface area (Å²) in [5, 5.41) is 12.7. The number of aromatic hydroxyl groups is 1. The van der Waals surface area contributed by atoms with Crippen LogP contribution in [0, 0.1) is 13.8 Å². The van der Waals surface area contributed by atoms with Gasteiger partial charge in [0.25, 0.3) is 0 Å². The van der Waals surface area contributed by atoms with Gasteiger partial charge in [0, 0.05) is 37.6 Å². The molecule has 1 saturated heterocycles. The number of nitrogens with one attached hydrogen (secondary N) is 1. The molecular formula is C26H29N3O2. The number of rotatable bonds is 5. The third-order valence-electron chi connectivity index (χ3n) is 5.75. The van der Waals surface area contributed by atoms with Crippen LogP contribution in [-0.2, 0) is 4.79 Å². The van der Waals surface area contributed by atoms with Crippen molar-refractivity contribution < 1.29 is 9.90 Å². The molecule has 3 aromatic rings. The minimum Gasteiger partial charge on any atom is -0.508 e. The van der Waals surface area contributed by atoms with E-state index in [0.29, 0.717) is 0 Å². The third-order valence-corrected chi connectivity index (χ3v) is 5.75. The van der Waals surface area contributed by atoms with Gasteiger partial charge in [-0.1, -0.05) is 36.4 Å². The van der Waals surface area contributed by atoms with Crippen molar-refractivity contribution in [1.82, 2.24) is 4.90 Å². The van der Waals surface area contributed by atoms with Gasteiger partial charge < -0.3 is 15.3 Å². The number of benzene rings is 3. The van der Waals surface area contributed by atoms with E-state index in [1.54, 1.807) is 12.1 Å². The fourth-order valence-corrected chi connectivity index (χ4v) is 4.32. The first-order chi connectivity index (χ1) is 15.0. The third kappa shape index (κ3) is 5.06. The van der Waals surface area contributed by atoms with Crippen molar-refractivity contribution in [1.29, 1.82) is 0 Å². The highest BCUT2D eigenvalue weighted by Gasteiger charge is 2.30. The summed E-state index contributed by atoms with van der Waals surface area (Å²) in [5.74, 6) is 0.267. The number of phenols is 1. The highest BCUT2D eigenvalue weighted by molar-refractivity contribution is 5.95. The number of hydrogen-bond donors (Lipinski definition) is 2. The largest absolute Gasteiger partial charge is 0.508 e. The van der Waals surface area contributed by atoms with Crippen LogP contribution in [0.25, 0.3) is 0 Å². The van der Waals surface area contributed by atoms with E-state index < -0.39 is 0 Å². The van der Waals surface area contributed by atoms with Crippen LogP contribution in [0.1, 0.15) is 22.7 Å². The summed E-state index contributed by atoms with van der Waals surface area (Å²) in [6, 6.07) is 23.1. The number of hydrogen-bond acceptors (Lipinski definition) is 4. The molecule has 1 aliphatic heterocycles. The van der Waals surface area contributed by atoms with Crippen molar-refractivity contribution in [2.24, 2.45) is 0 Å². The van der Waals surface area contributed by atoms with Crippen LogP contribution in [0.15, 0.2) is 72.8 Å². The van der Waals surface area contributed by atoms with E-state index in [1.165, 1.54) is 0 Å². The molecule has 0 radical (unpaired) electrons. The second-order valence-electron chi connectivity index (χ2n) is 8.22. The van der Waals surface area contributed by atoms with Gasteiger partial charge in [0.05, 0.1) is 0 Å². The molecule has 5 heteroatoms. The van der Waals surface area contributed by atoms with E-state index in [2.05, 4.69) is 21.2 Å². The Kier molecular flexibility index (Phi) is 6.23. The van der Waals surface area contributed by atoms with Crippen molar-refractivity contribution in [3.63, 3.8) is 0 Å². The van der Waals surface area contributed by atoms with Crippen LogP contribution in [0.5, 0.6) is 5.75 Å². The van der Waals surface area contributed by atoms with Gasteiger partial charge in [0.2, 0.25) is 5.91 Å². The molecule has 0 saturated carbocycles. The van der Waals surface area contributed by atoms with Crippen LogP contribution in [-0.4, -0.2) is 42.1 Å². The Morgan fingerprint density at radius 1 is 0.871 bits per heavy atom. The lowest BCUT2D eigenvalue weighted by Crippen LogP contribution is -2.50. The van der Waals surface area contributed by atoms with Gasteiger partial charge in [-0.25, -0.2) is 0 Å². The van der Waals surface area contributed by atoms with Gasteiger partial charge in [-0.3, -0.25) is 9.69 Å². The molecule has 0 aliphatic carbocycles. The summed E-state index contributed by atoms with van der Waals surface area (Å²) >= 11 is 0. The number of anilines is 2. The first-order valence-electron chi connectivity index (χ1n) is 10.7. The van der Waals surface area contributed by atoms with Crippen molar-refractivity contribution >= 4 is 17.3 Å². The molecule has 1 atom stereocenters. The Morgan fingerprint density at radius 2 is 1.48 bits per heavy atom. The highest BCUT2D eigenvalue weighted by Crippen LogP contribution is 2.27. The maximum Gasteiger partial charge on any atom is 0.246 e. The van der Waals surface area contributed by atoms with E-state index in [0.717, 1.165) is 54.2 Å². The average Bonchev–Trinajstić information content (AvgIpc) is 2.75. The number of phenolic OH excluding ortho intramolecular Hbond substituents is 1. The van der Waals surface area contributed by atoms with Crippen molar-refractivity contribution in [3.05, 3.63) is 89.5 Å². The zero-order valence-electron chi connectivity index (χ0n) is 18.1. The minimum atomic E-state index is -0.344. The summed E-state index contributed by atoms with van der Waals surface area (Å²) in [4.78, 5) is 18.0. The zero-order valence-corrected chi connectivity index (χ0v) is 18.1. The molecule has 1 unspecified atom stereocenters. The van der Waals surface area contributed by atoms with Crippen LogP contribution >= 0.6 is 0 Å². The Balaban J connectivity index is 1.52. The molecule has 160 valence electrons. The normalized spacial score (nSPS) is 15.5. The number of aryl methyl sites for hydroxylation is 2. The molecule has 1 amide bonds. The van der Waals surface area contributed by atoms with Crippen molar-refractivity contribution in [3.8, 4) is 5.75 Å². The van der Waals surface area contributed by atoms with Crippen LogP contribution in [0.3, 0.4) is 0 Å². The predicted molar refractivity (Wildman–Crippen MR) is 126 cm³/mol. The van der Waals surface area contributed by atoms with Gasteiger partial charge in [-0.15, -0.1) is 0 Å². The molecule has 3 aromatic carbocycles. The summed E-state index contributed by atoms with van der Waals surface area (Å²) < 4.78 is 0. The number of nitrogens with zero attached hydrogens (tertiary/aromatic N) is 2. The maximum atomic E-state index is 13.4. The van der Waals surface area contributed by atoms with E-state index in [1.807, 2.05) is 68.4 Å². The standard InChI is InChI=1S/C26H29N3O2/c1-19-16-20(2)18-22(17-19)27-26(31)25(21-6-4-3-5-7-21)29-14-12-28(13-15-29)23-8-10-24(30)11-9-23/h3-11,16-18,25,30H,12-15H2,1-2H3,(H,27,31). The summed E-state index contributed by atoms with van der Waals surface area (Å²) in [7, 11) is 0. The van der Waals surface area contributed by atoms with Crippen LogP contribution in [0.2, 0.25) is 0 Å². The molecule has 0 aromatic heterocycles. The van der Waals surface area contributed by atoms with E-state index in [-0.39, 0.29) is 17.7 Å². The van der Waals surface area contributed by atoms with Gasteiger partial charge in [0.15, 0.2) is 0 Å². The van der Waals surface area contributed by atoms with Crippen LogP contribution in [0.4, 0.5) is 11.4 Å². The Morgan fingerprint density at radius 3 is 2.10 bits per heavy atom. The minimum absolute atomic E-state index is 0.00529. The fraction of sp³-hybridized carbons (Fsp3) is 0.269. The van der Waals surface area contributed by atoms with E-state index in [9.17, 15) is 9.90 Å². The predicted octanol–water partition coefficient (Wildman–Crippen LogP) is 4.51. The monoisotopic (exact) mass is 415 g/mol. The van der Waals surface area contributed by atoms with Crippen molar-refractivity contribution in [2.45, 2.75) is 19.9 Å². The second kappa shape index (κ2) is 9.23. The van der Waals surface area contributed by atoms with Crippen LogP contribution < -0.4 is 10.2 Å². The quantitative estimate of drug-likeness (QED) is 0.644. The lowest BCUT2D eigenvalue weighted by atomic mass is 10.0. The Hall–Kier alpha value is -3.31.